The van der Waals surface area contributed by atoms with Crippen LogP contribution in [-0.4, -0.2) is 15.0 Å². The first-order chi connectivity index (χ1) is 3.55. The number of hydrogen-bond acceptors (Lipinski definition) is 1. The van der Waals surface area contributed by atoms with Gasteiger partial charge in [-0.25, -0.2) is 0 Å². The quantitative estimate of drug-likeness (QED) is 0.574. The summed E-state index contributed by atoms with van der Waals surface area (Å²) in [5.41, 5.74) is 0. The smallest absolute Gasteiger partial charge is 0.316 e. The van der Waals surface area contributed by atoms with Crippen LogP contribution in [0.25, 0.3) is 0 Å². The number of rotatable bonds is 2. The molecule has 1 N–H and O–H groups in total. The molecule has 0 fully saturated rings. The highest BCUT2D eigenvalue weighted by Gasteiger charge is 2.15. The van der Waals surface area contributed by atoms with Crippen molar-refractivity contribution in [3.63, 3.8) is 0 Å². The number of aliphatic carboxylic acids is 1. The molecule has 0 radical (unpaired) electrons. The topological polar surface area (TPSA) is 37.3 Å². The van der Waals surface area contributed by atoms with Gasteiger partial charge in [0, 0.05) is 0 Å². The molecule has 0 heterocycles. The SMILES string of the molecule is CC(C)[C@@H](I)C(=O)O. The summed E-state index contributed by atoms with van der Waals surface area (Å²) in [6, 6.07) is 0. The highest BCUT2D eigenvalue weighted by atomic mass is 127. The third-order valence-corrected chi connectivity index (χ3v) is 2.79. The summed E-state index contributed by atoms with van der Waals surface area (Å²) in [5.74, 6) is -0.492. The summed E-state index contributed by atoms with van der Waals surface area (Å²) in [4.78, 5) is 10.1. The van der Waals surface area contributed by atoms with Crippen LogP contribution in [0.4, 0.5) is 0 Å². The van der Waals surface area contributed by atoms with Crippen LogP contribution in [0.5, 0.6) is 0 Å². The summed E-state index contributed by atoms with van der Waals surface area (Å²) in [6.07, 6.45) is 0. The van der Waals surface area contributed by atoms with E-state index in [9.17, 15) is 4.79 Å². The lowest BCUT2D eigenvalue weighted by atomic mass is 10.1. The Labute approximate surface area is 62.4 Å². The molecule has 0 aromatic heterocycles. The maximum atomic E-state index is 10.1. The predicted molar refractivity (Wildman–Crippen MR) is 40.3 cm³/mol. The van der Waals surface area contributed by atoms with Crippen molar-refractivity contribution in [3.05, 3.63) is 0 Å². The minimum atomic E-state index is -0.722. The summed E-state index contributed by atoms with van der Waals surface area (Å²) in [7, 11) is 0. The van der Waals surface area contributed by atoms with E-state index in [-0.39, 0.29) is 9.84 Å². The molecule has 0 aliphatic rings. The molecule has 0 amide bonds. The second kappa shape index (κ2) is 3.27. The first-order valence-electron chi connectivity index (χ1n) is 2.42. The molecule has 3 heteroatoms. The lowest BCUT2D eigenvalue weighted by molar-refractivity contribution is -0.136. The fraction of sp³-hybridized carbons (Fsp3) is 0.800. The normalized spacial score (nSPS) is 14.0. The van der Waals surface area contributed by atoms with Gasteiger partial charge < -0.3 is 5.11 Å². The molecule has 0 saturated heterocycles. The largest absolute Gasteiger partial charge is 0.480 e. The fourth-order valence-corrected chi connectivity index (χ4v) is 0.285. The fourth-order valence-electron chi connectivity index (χ4n) is 0.285. The lowest BCUT2D eigenvalue weighted by Crippen LogP contribution is -2.18. The van der Waals surface area contributed by atoms with Crippen molar-refractivity contribution in [2.24, 2.45) is 5.92 Å². The lowest BCUT2D eigenvalue weighted by Gasteiger charge is -2.05. The minimum absolute atomic E-state index is 0.230. The van der Waals surface area contributed by atoms with Gasteiger partial charge in [0.25, 0.3) is 0 Å². The summed E-state index contributed by atoms with van der Waals surface area (Å²) in [5, 5.41) is 8.34. The molecule has 1 atom stereocenters. The van der Waals surface area contributed by atoms with Crippen molar-refractivity contribution in [1.29, 1.82) is 0 Å². The van der Waals surface area contributed by atoms with Gasteiger partial charge >= 0.3 is 5.97 Å². The van der Waals surface area contributed by atoms with Gasteiger partial charge in [0.05, 0.1) is 0 Å². The Bertz CT molecular complexity index is 90.4. The maximum Gasteiger partial charge on any atom is 0.316 e. The third-order valence-electron chi connectivity index (χ3n) is 0.821. The summed E-state index contributed by atoms with van der Waals surface area (Å²) >= 11 is 1.92. The predicted octanol–water partition coefficient (Wildman–Crippen LogP) is 1.53. The second-order valence-electron chi connectivity index (χ2n) is 1.98. The highest BCUT2D eigenvalue weighted by Crippen LogP contribution is 2.11. The Kier molecular flexibility index (Phi) is 3.35. The maximum absolute atomic E-state index is 10.1. The molecule has 0 bridgehead atoms. The average Bonchev–Trinajstić information content (AvgIpc) is 1.64. The molecule has 0 aliphatic heterocycles. The van der Waals surface area contributed by atoms with Crippen molar-refractivity contribution < 1.29 is 9.90 Å². The molecular formula is C5H9IO2. The van der Waals surface area contributed by atoms with Crippen LogP contribution in [0, 0.1) is 5.92 Å². The van der Waals surface area contributed by atoms with E-state index >= 15 is 0 Å². The Morgan fingerprint density at radius 2 is 2.00 bits per heavy atom. The number of halogens is 1. The number of carboxylic acid groups (broad SMARTS) is 1. The van der Waals surface area contributed by atoms with Crippen LogP contribution < -0.4 is 0 Å². The summed E-state index contributed by atoms with van der Waals surface area (Å²) < 4.78 is -0.243. The van der Waals surface area contributed by atoms with Crippen molar-refractivity contribution >= 4 is 28.6 Å². The minimum Gasteiger partial charge on any atom is -0.480 e. The first kappa shape index (κ1) is 8.20. The van der Waals surface area contributed by atoms with E-state index in [4.69, 9.17) is 5.11 Å². The second-order valence-corrected chi connectivity index (χ2v) is 3.33. The molecule has 2 nitrogen and oxygen atoms in total. The van der Waals surface area contributed by atoms with Gasteiger partial charge in [0.15, 0.2) is 0 Å². The van der Waals surface area contributed by atoms with E-state index in [2.05, 4.69) is 0 Å². The zero-order chi connectivity index (χ0) is 6.73. The standard InChI is InChI=1S/C5H9IO2/c1-3(2)4(6)5(7)8/h3-4H,1-2H3,(H,7,8)/t4-/m1/s1. The molecule has 0 unspecified atom stereocenters. The Morgan fingerprint density at radius 1 is 1.62 bits per heavy atom. The van der Waals surface area contributed by atoms with Gasteiger partial charge in [0.1, 0.15) is 3.92 Å². The van der Waals surface area contributed by atoms with Crippen LogP contribution in [0.1, 0.15) is 13.8 Å². The number of carbonyl (C=O) groups is 1. The van der Waals surface area contributed by atoms with Crippen LogP contribution >= 0.6 is 22.6 Å². The molecule has 0 rings (SSSR count). The molecule has 0 aromatic carbocycles. The van der Waals surface area contributed by atoms with Gasteiger partial charge in [-0.05, 0) is 5.92 Å². The van der Waals surface area contributed by atoms with E-state index in [0.717, 1.165) is 0 Å². The van der Waals surface area contributed by atoms with E-state index < -0.39 is 5.97 Å². The van der Waals surface area contributed by atoms with Gasteiger partial charge in [-0.3, -0.25) is 4.79 Å². The van der Waals surface area contributed by atoms with Crippen molar-refractivity contribution in [2.45, 2.75) is 17.8 Å². The van der Waals surface area contributed by atoms with Crippen molar-refractivity contribution in [1.82, 2.24) is 0 Å². The molecule has 0 aromatic rings. The molecule has 0 saturated carbocycles. The first-order valence-corrected chi connectivity index (χ1v) is 3.67. The molecular weight excluding hydrogens is 219 g/mol. The zero-order valence-corrected chi connectivity index (χ0v) is 7.05. The molecule has 0 spiro atoms. The van der Waals surface area contributed by atoms with E-state index in [1.165, 1.54) is 0 Å². The monoisotopic (exact) mass is 228 g/mol. The van der Waals surface area contributed by atoms with Crippen LogP contribution in [-0.2, 0) is 4.79 Å². The molecule has 48 valence electrons. The molecule has 8 heavy (non-hydrogen) atoms. The highest BCUT2D eigenvalue weighted by molar-refractivity contribution is 14.1. The Morgan fingerprint density at radius 3 is 2.00 bits per heavy atom. The van der Waals surface area contributed by atoms with Gasteiger partial charge in [0.2, 0.25) is 0 Å². The Hall–Kier alpha value is 0.200. The van der Waals surface area contributed by atoms with E-state index in [0.29, 0.717) is 0 Å². The Balaban J connectivity index is 3.64. The van der Waals surface area contributed by atoms with Gasteiger partial charge in [-0.2, -0.15) is 0 Å². The van der Waals surface area contributed by atoms with Crippen LogP contribution in [0.3, 0.4) is 0 Å². The zero-order valence-electron chi connectivity index (χ0n) is 4.89. The average molecular weight is 228 g/mol. The van der Waals surface area contributed by atoms with Gasteiger partial charge in [-0.15, -0.1) is 0 Å². The van der Waals surface area contributed by atoms with Crippen molar-refractivity contribution in [3.8, 4) is 0 Å². The van der Waals surface area contributed by atoms with E-state index in [1.54, 1.807) is 0 Å². The van der Waals surface area contributed by atoms with Crippen LogP contribution in [0.2, 0.25) is 0 Å². The van der Waals surface area contributed by atoms with Crippen LogP contribution in [0.15, 0.2) is 0 Å². The number of carboxylic acids is 1. The van der Waals surface area contributed by atoms with E-state index in [1.807, 2.05) is 36.4 Å². The third kappa shape index (κ3) is 2.49. The van der Waals surface area contributed by atoms with Crippen molar-refractivity contribution in [2.75, 3.05) is 0 Å². The number of hydrogen-bond donors (Lipinski definition) is 1. The molecule has 0 aliphatic carbocycles. The number of alkyl halides is 1. The summed E-state index contributed by atoms with van der Waals surface area (Å²) in [6.45, 7) is 3.79. The van der Waals surface area contributed by atoms with Gasteiger partial charge in [-0.1, -0.05) is 36.4 Å².